The van der Waals surface area contributed by atoms with Crippen LogP contribution in [0.5, 0.6) is 11.5 Å². The van der Waals surface area contributed by atoms with Crippen molar-refractivity contribution in [3.8, 4) is 11.5 Å². The number of nitrogens with two attached hydrogens (primary N) is 2. The van der Waals surface area contributed by atoms with E-state index < -0.39 is 0 Å². The molecule has 2 aromatic rings. The Labute approximate surface area is 138 Å². The van der Waals surface area contributed by atoms with E-state index in [2.05, 4.69) is 6.92 Å². The van der Waals surface area contributed by atoms with Gasteiger partial charge in [0.25, 0.3) is 0 Å². The minimum atomic E-state index is 0.205. The molecule has 4 heteroatoms. The second-order valence-corrected chi connectivity index (χ2v) is 5.76. The van der Waals surface area contributed by atoms with Crippen LogP contribution in [0.15, 0.2) is 48.5 Å². The lowest BCUT2D eigenvalue weighted by molar-refractivity contribution is 0.204. The van der Waals surface area contributed by atoms with Crippen LogP contribution in [0.2, 0.25) is 0 Å². The summed E-state index contributed by atoms with van der Waals surface area (Å²) in [6.07, 6.45) is 4.54. The minimum Gasteiger partial charge on any atom is -0.494 e. The summed E-state index contributed by atoms with van der Waals surface area (Å²) < 4.78 is 11.5. The first-order chi connectivity index (χ1) is 11.1. The molecule has 2 aromatic carbocycles. The molecule has 0 aliphatic carbocycles. The highest BCUT2D eigenvalue weighted by atomic mass is 16.5. The number of hydrogen-bond acceptors (Lipinski definition) is 4. The van der Waals surface area contributed by atoms with Crippen molar-refractivity contribution >= 4 is 11.4 Å². The Morgan fingerprint density at radius 1 is 0.783 bits per heavy atom. The lowest BCUT2D eigenvalue weighted by Gasteiger charge is -2.14. The molecule has 2 rings (SSSR count). The maximum atomic E-state index is 5.86. The minimum absolute atomic E-state index is 0.205. The Morgan fingerprint density at radius 2 is 1.35 bits per heavy atom. The topological polar surface area (TPSA) is 70.5 Å². The average Bonchev–Trinajstić information content (AvgIpc) is 2.54. The molecule has 1 unspecified atom stereocenters. The molecule has 1 atom stereocenters. The molecule has 0 aliphatic rings. The van der Waals surface area contributed by atoms with Crippen molar-refractivity contribution in [1.82, 2.24) is 0 Å². The number of unbranched alkanes of at least 4 members (excludes halogenated alkanes) is 2. The van der Waals surface area contributed by atoms with Gasteiger partial charge in [-0.1, -0.05) is 0 Å². The van der Waals surface area contributed by atoms with Gasteiger partial charge in [0, 0.05) is 11.4 Å². The van der Waals surface area contributed by atoms with Gasteiger partial charge in [-0.2, -0.15) is 0 Å². The van der Waals surface area contributed by atoms with Crippen molar-refractivity contribution in [3.63, 3.8) is 0 Å². The second kappa shape index (κ2) is 8.93. The Hall–Kier alpha value is -2.36. The molecular weight excluding hydrogens is 288 g/mol. The largest absolute Gasteiger partial charge is 0.494 e. The number of ether oxygens (including phenoxy) is 2. The fraction of sp³-hybridized carbons (Fsp3) is 0.368. The summed E-state index contributed by atoms with van der Waals surface area (Å²) in [7, 11) is 0. The molecule has 0 amide bonds. The fourth-order valence-corrected chi connectivity index (χ4v) is 2.30. The lowest BCUT2D eigenvalue weighted by Crippen LogP contribution is -2.11. The van der Waals surface area contributed by atoms with Gasteiger partial charge in [-0.25, -0.2) is 0 Å². The summed E-state index contributed by atoms with van der Waals surface area (Å²) >= 11 is 0. The molecule has 0 aromatic heterocycles. The van der Waals surface area contributed by atoms with Crippen LogP contribution in [0.1, 0.15) is 32.6 Å². The zero-order chi connectivity index (χ0) is 16.5. The molecule has 4 nitrogen and oxygen atoms in total. The van der Waals surface area contributed by atoms with Gasteiger partial charge in [-0.15, -0.1) is 0 Å². The van der Waals surface area contributed by atoms with E-state index in [-0.39, 0.29) is 6.10 Å². The van der Waals surface area contributed by atoms with Crippen molar-refractivity contribution < 1.29 is 9.47 Å². The predicted molar refractivity (Wildman–Crippen MR) is 95.8 cm³/mol. The Bertz CT molecular complexity index is 567. The fourth-order valence-electron chi connectivity index (χ4n) is 2.30. The van der Waals surface area contributed by atoms with Gasteiger partial charge in [-0.05, 0) is 81.1 Å². The quantitative estimate of drug-likeness (QED) is 0.536. The first kappa shape index (κ1) is 17.0. The third-order valence-corrected chi connectivity index (χ3v) is 3.62. The molecule has 23 heavy (non-hydrogen) atoms. The van der Waals surface area contributed by atoms with Gasteiger partial charge < -0.3 is 20.9 Å². The van der Waals surface area contributed by atoms with E-state index in [9.17, 15) is 0 Å². The van der Waals surface area contributed by atoms with Crippen LogP contribution in [-0.2, 0) is 0 Å². The number of hydrogen-bond donors (Lipinski definition) is 2. The summed E-state index contributed by atoms with van der Waals surface area (Å²) in [4.78, 5) is 0. The van der Waals surface area contributed by atoms with Crippen molar-refractivity contribution in [3.05, 3.63) is 48.5 Å². The molecule has 0 saturated carbocycles. The molecule has 0 aliphatic heterocycles. The summed E-state index contributed by atoms with van der Waals surface area (Å²) in [6, 6.07) is 15.0. The van der Waals surface area contributed by atoms with E-state index in [4.69, 9.17) is 20.9 Å². The normalized spacial score (nSPS) is 11.9. The summed E-state index contributed by atoms with van der Waals surface area (Å²) in [5.74, 6) is 1.75. The molecule has 4 N–H and O–H groups in total. The number of benzene rings is 2. The molecule has 0 radical (unpaired) electrons. The molecular formula is C19H26N2O2. The molecule has 0 spiro atoms. The maximum Gasteiger partial charge on any atom is 0.119 e. The standard InChI is InChI=1S/C19H26N2O2/c1-15(23-19-12-8-17(21)9-13-19)5-3-2-4-14-22-18-10-6-16(20)7-11-18/h6-13,15H,2-5,14,20-21H2,1H3. The zero-order valence-corrected chi connectivity index (χ0v) is 13.7. The van der Waals surface area contributed by atoms with Crippen LogP contribution < -0.4 is 20.9 Å². The highest BCUT2D eigenvalue weighted by Crippen LogP contribution is 2.17. The maximum absolute atomic E-state index is 5.86. The first-order valence-electron chi connectivity index (χ1n) is 8.14. The van der Waals surface area contributed by atoms with Crippen molar-refractivity contribution in [1.29, 1.82) is 0 Å². The van der Waals surface area contributed by atoms with Gasteiger partial charge in [0.2, 0.25) is 0 Å². The summed E-state index contributed by atoms with van der Waals surface area (Å²) in [6.45, 7) is 2.83. The van der Waals surface area contributed by atoms with E-state index >= 15 is 0 Å². The molecule has 0 bridgehead atoms. The van der Waals surface area contributed by atoms with Crippen molar-refractivity contribution in [2.45, 2.75) is 38.7 Å². The van der Waals surface area contributed by atoms with Crippen molar-refractivity contribution in [2.24, 2.45) is 0 Å². The van der Waals surface area contributed by atoms with Crippen molar-refractivity contribution in [2.75, 3.05) is 18.1 Å². The highest BCUT2D eigenvalue weighted by molar-refractivity contribution is 5.42. The SMILES string of the molecule is CC(CCCCCOc1ccc(N)cc1)Oc1ccc(N)cc1. The third kappa shape index (κ3) is 6.51. The van der Waals surface area contributed by atoms with Gasteiger partial charge in [0.05, 0.1) is 12.7 Å². The van der Waals surface area contributed by atoms with Gasteiger partial charge >= 0.3 is 0 Å². The Balaban J connectivity index is 1.54. The Morgan fingerprint density at radius 3 is 1.96 bits per heavy atom. The zero-order valence-electron chi connectivity index (χ0n) is 13.7. The molecule has 0 saturated heterocycles. The van der Waals surface area contributed by atoms with Crippen LogP contribution in [0.25, 0.3) is 0 Å². The van der Waals surface area contributed by atoms with E-state index in [0.717, 1.165) is 55.2 Å². The second-order valence-electron chi connectivity index (χ2n) is 5.76. The van der Waals surface area contributed by atoms with Gasteiger partial charge in [-0.3, -0.25) is 0 Å². The number of rotatable bonds is 9. The van der Waals surface area contributed by atoms with Crippen LogP contribution in [0.3, 0.4) is 0 Å². The third-order valence-electron chi connectivity index (χ3n) is 3.62. The summed E-state index contributed by atoms with van der Waals surface area (Å²) in [5, 5.41) is 0. The Kier molecular flexibility index (Phi) is 6.60. The molecule has 124 valence electrons. The smallest absolute Gasteiger partial charge is 0.119 e. The number of nitrogen functional groups attached to an aromatic ring is 2. The number of anilines is 2. The van der Waals surface area contributed by atoms with Gasteiger partial charge in [0.1, 0.15) is 11.5 Å². The van der Waals surface area contributed by atoms with E-state index in [1.54, 1.807) is 0 Å². The monoisotopic (exact) mass is 314 g/mol. The molecule has 0 fully saturated rings. The van der Waals surface area contributed by atoms with E-state index in [1.165, 1.54) is 0 Å². The van der Waals surface area contributed by atoms with Crippen LogP contribution in [0, 0.1) is 0 Å². The average molecular weight is 314 g/mol. The predicted octanol–water partition coefficient (Wildman–Crippen LogP) is 4.26. The summed E-state index contributed by atoms with van der Waals surface area (Å²) in [5.41, 5.74) is 12.8. The van der Waals surface area contributed by atoms with Crippen LogP contribution in [0.4, 0.5) is 11.4 Å². The van der Waals surface area contributed by atoms with Crippen LogP contribution >= 0.6 is 0 Å². The molecule has 0 heterocycles. The van der Waals surface area contributed by atoms with E-state index in [1.807, 2.05) is 48.5 Å². The van der Waals surface area contributed by atoms with Gasteiger partial charge in [0.15, 0.2) is 0 Å². The van der Waals surface area contributed by atoms with Crippen LogP contribution in [-0.4, -0.2) is 12.7 Å². The first-order valence-corrected chi connectivity index (χ1v) is 8.14. The lowest BCUT2D eigenvalue weighted by atomic mass is 10.1. The highest BCUT2D eigenvalue weighted by Gasteiger charge is 2.04. The van der Waals surface area contributed by atoms with E-state index in [0.29, 0.717) is 0 Å².